The Morgan fingerprint density at radius 1 is 1.19 bits per heavy atom. The van der Waals surface area contributed by atoms with E-state index in [0.717, 1.165) is 18.6 Å². The maximum absolute atomic E-state index is 13.1. The largest absolute Gasteiger partial charge is 0.444 e. The van der Waals surface area contributed by atoms with Crippen molar-refractivity contribution in [3.63, 3.8) is 0 Å². The monoisotopic (exact) mass is 385 g/mol. The van der Waals surface area contributed by atoms with E-state index in [1.165, 1.54) is 12.1 Å². The van der Waals surface area contributed by atoms with E-state index < -0.39 is 29.0 Å². The summed E-state index contributed by atoms with van der Waals surface area (Å²) in [5.41, 5.74) is -2.51. The molecule has 1 aromatic carbocycles. The Morgan fingerprint density at radius 2 is 1.78 bits per heavy atom. The van der Waals surface area contributed by atoms with Gasteiger partial charge < -0.3 is 14.7 Å². The molecule has 7 heteroatoms. The Labute approximate surface area is 157 Å². The molecule has 3 rings (SSSR count). The number of fused-ring (bicyclic) bond motifs is 2. The van der Waals surface area contributed by atoms with Gasteiger partial charge in [0, 0.05) is 24.9 Å². The minimum absolute atomic E-state index is 0.212. The maximum atomic E-state index is 13.1. The first-order valence-electron chi connectivity index (χ1n) is 9.30. The summed E-state index contributed by atoms with van der Waals surface area (Å²) in [6.07, 6.45) is -2.11. The molecule has 2 unspecified atom stereocenters. The zero-order valence-electron chi connectivity index (χ0n) is 15.8. The van der Waals surface area contributed by atoms with E-state index in [4.69, 9.17) is 4.74 Å². The molecular formula is C20H26F3NO3. The molecule has 2 saturated heterocycles. The first-order chi connectivity index (χ1) is 12.4. The van der Waals surface area contributed by atoms with Gasteiger partial charge in [0.25, 0.3) is 0 Å². The first kappa shape index (κ1) is 20.0. The zero-order chi connectivity index (χ0) is 20.0. The van der Waals surface area contributed by atoms with Crippen LogP contribution >= 0.6 is 0 Å². The van der Waals surface area contributed by atoms with Gasteiger partial charge in [0.15, 0.2) is 0 Å². The number of amides is 1. The van der Waals surface area contributed by atoms with Crippen LogP contribution in [0.4, 0.5) is 18.0 Å². The first-order valence-corrected chi connectivity index (χ1v) is 9.30. The van der Waals surface area contributed by atoms with Crippen LogP contribution in [-0.4, -0.2) is 33.8 Å². The van der Waals surface area contributed by atoms with Crippen LogP contribution in [0.25, 0.3) is 0 Å². The average molecular weight is 385 g/mol. The molecule has 2 aliphatic rings. The summed E-state index contributed by atoms with van der Waals surface area (Å²) in [7, 11) is 0. The minimum atomic E-state index is -4.46. The Balaban J connectivity index is 1.86. The number of carbonyl (C=O) groups is 1. The van der Waals surface area contributed by atoms with Gasteiger partial charge in [0.05, 0.1) is 11.2 Å². The molecule has 150 valence electrons. The van der Waals surface area contributed by atoms with Crippen molar-refractivity contribution in [1.29, 1.82) is 0 Å². The molecule has 2 aliphatic heterocycles. The Kier molecular flexibility index (Phi) is 4.95. The van der Waals surface area contributed by atoms with Crippen molar-refractivity contribution in [2.24, 2.45) is 0 Å². The molecule has 0 spiro atoms. The normalized spacial score (nSPS) is 28.8. The van der Waals surface area contributed by atoms with Crippen LogP contribution in [0.15, 0.2) is 24.3 Å². The molecule has 1 N–H and O–H groups in total. The molecule has 27 heavy (non-hydrogen) atoms. The number of halogens is 3. The third-order valence-corrected chi connectivity index (χ3v) is 5.34. The standard InChI is InChI=1S/C20H26F3NO3/c1-18(2,3)27-17(25)24-15-8-5-9-16(24)12-19(26,11-15)13-6-4-7-14(10-13)20(21,22)23/h4,6-7,10,15-16,26H,5,8-9,11-12H2,1-3H3. The summed E-state index contributed by atoms with van der Waals surface area (Å²) in [6, 6.07) is 4.40. The van der Waals surface area contributed by atoms with Gasteiger partial charge in [-0.3, -0.25) is 0 Å². The zero-order valence-corrected chi connectivity index (χ0v) is 15.8. The van der Waals surface area contributed by atoms with E-state index in [0.29, 0.717) is 12.8 Å². The van der Waals surface area contributed by atoms with Gasteiger partial charge in [0.2, 0.25) is 0 Å². The highest BCUT2D eigenvalue weighted by molar-refractivity contribution is 5.69. The highest BCUT2D eigenvalue weighted by atomic mass is 19.4. The topological polar surface area (TPSA) is 49.8 Å². The number of hydrogen-bond donors (Lipinski definition) is 1. The van der Waals surface area contributed by atoms with Crippen LogP contribution in [0.3, 0.4) is 0 Å². The number of rotatable bonds is 1. The third kappa shape index (κ3) is 4.23. The van der Waals surface area contributed by atoms with Crippen LogP contribution in [0.5, 0.6) is 0 Å². The summed E-state index contributed by atoms with van der Waals surface area (Å²) in [5, 5.41) is 11.2. The number of piperidine rings is 2. The molecule has 0 radical (unpaired) electrons. The maximum Gasteiger partial charge on any atom is 0.416 e. The van der Waals surface area contributed by atoms with Gasteiger partial charge in [-0.15, -0.1) is 0 Å². The van der Waals surface area contributed by atoms with Crippen molar-refractivity contribution in [3.05, 3.63) is 35.4 Å². The lowest BCUT2D eigenvalue weighted by Crippen LogP contribution is -2.59. The molecule has 0 saturated carbocycles. The van der Waals surface area contributed by atoms with Crippen molar-refractivity contribution in [1.82, 2.24) is 4.90 Å². The predicted octanol–water partition coefficient (Wildman–Crippen LogP) is 4.85. The fourth-order valence-corrected chi connectivity index (χ4v) is 4.26. The second-order valence-corrected chi connectivity index (χ2v) is 8.64. The number of carbonyl (C=O) groups excluding carboxylic acids is 1. The van der Waals surface area contributed by atoms with Gasteiger partial charge in [-0.2, -0.15) is 13.2 Å². The van der Waals surface area contributed by atoms with Crippen molar-refractivity contribution in [2.75, 3.05) is 0 Å². The van der Waals surface area contributed by atoms with Gasteiger partial charge in [-0.25, -0.2) is 4.79 Å². The van der Waals surface area contributed by atoms with Crippen LogP contribution in [0, 0.1) is 0 Å². The van der Waals surface area contributed by atoms with Crippen LogP contribution in [0.1, 0.15) is 64.0 Å². The lowest BCUT2D eigenvalue weighted by Gasteiger charge is -2.52. The molecule has 2 bridgehead atoms. The van der Waals surface area contributed by atoms with Gasteiger partial charge in [0.1, 0.15) is 5.60 Å². The number of alkyl halides is 3. The van der Waals surface area contributed by atoms with E-state index in [1.54, 1.807) is 25.7 Å². The smallest absolute Gasteiger partial charge is 0.416 e. The van der Waals surface area contributed by atoms with Crippen molar-refractivity contribution >= 4 is 6.09 Å². The summed E-state index contributed by atoms with van der Waals surface area (Å²) < 4.78 is 44.7. The molecule has 0 aliphatic carbocycles. The number of nitrogens with zero attached hydrogens (tertiary/aromatic N) is 1. The summed E-state index contributed by atoms with van der Waals surface area (Å²) >= 11 is 0. The average Bonchev–Trinajstić information content (AvgIpc) is 2.51. The molecule has 0 aromatic heterocycles. The molecule has 1 amide bonds. The van der Waals surface area contributed by atoms with Crippen molar-refractivity contribution < 1.29 is 27.8 Å². The van der Waals surface area contributed by atoms with E-state index >= 15 is 0 Å². The number of ether oxygens (including phenoxy) is 1. The number of hydrogen-bond acceptors (Lipinski definition) is 3. The van der Waals surface area contributed by atoms with Gasteiger partial charge >= 0.3 is 12.3 Å². The quantitative estimate of drug-likeness (QED) is 0.752. The lowest BCUT2D eigenvalue weighted by molar-refractivity contribution is -0.138. The van der Waals surface area contributed by atoms with E-state index in [9.17, 15) is 23.1 Å². The van der Waals surface area contributed by atoms with E-state index in [2.05, 4.69) is 0 Å². The SMILES string of the molecule is CC(C)(C)OC(=O)N1C2CCCC1CC(O)(c1cccc(C(F)(F)F)c1)C2. The summed E-state index contributed by atoms with van der Waals surface area (Å²) in [6.45, 7) is 5.39. The fraction of sp³-hybridized carbons (Fsp3) is 0.650. The lowest BCUT2D eigenvalue weighted by atomic mass is 9.72. The number of aliphatic hydroxyl groups is 1. The van der Waals surface area contributed by atoms with Crippen LogP contribution in [0.2, 0.25) is 0 Å². The second kappa shape index (κ2) is 6.69. The predicted molar refractivity (Wildman–Crippen MR) is 94.1 cm³/mol. The third-order valence-electron chi connectivity index (χ3n) is 5.34. The van der Waals surface area contributed by atoms with Gasteiger partial charge in [-0.1, -0.05) is 12.1 Å². The molecule has 1 aromatic rings. The fourth-order valence-electron chi connectivity index (χ4n) is 4.26. The Hall–Kier alpha value is -1.76. The highest BCUT2D eigenvalue weighted by Gasteiger charge is 2.49. The Morgan fingerprint density at radius 3 is 2.30 bits per heavy atom. The molecule has 2 fully saturated rings. The molecule has 4 nitrogen and oxygen atoms in total. The summed E-state index contributed by atoms with van der Waals surface area (Å²) in [5.74, 6) is 0. The molecular weight excluding hydrogens is 359 g/mol. The minimum Gasteiger partial charge on any atom is -0.444 e. The van der Waals surface area contributed by atoms with E-state index in [1.807, 2.05) is 0 Å². The van der Waals surface area contributed by atoms with Gasteiger partial charge in [-0.05, 0) is 57.7 Å². The van der Waals surface area contributed by atoms with Crippen LogP contribution < -0.4 is 0 Å². The second-order valence-electron chi connectivity index (χ2n) is 8.64. The Bertz CT molecular complexity index is 697. The molecule has 2 heterocycles. The molecule has 2 atom stereocenters. The summed E-state index contributed by atoms with van der Waals surface area (Å²) in [4.78, 5) is 14.3. The van der Waals surface area contributed by atoms with Crippen molar-refractivity contribution in [2.45, 2.75) is 82.3 Å². The van der Waals surface area contributed by atoms with Crippen LogP contribution in [-0.2, 0) is 16.5 Å². The highest BCUT2D eigenvalue weighted by Crippen LogP contribution is 2.45. The van der Waals surface area contributed by atoms with E-state index in [-0.39, 0.29) is 30.5 Å². The van der Waals surface area contributed by atoms with Crippen molar-refractivity contribution in [3.8, 4) is 0 Å². The number of benzene rings is 1.